The second-order valence-corrected chi connectivity index (χ2v) is 4.84. The second kappa shape index (κ2) is 5.58. The van der Waals surface area contributed by atoms with Gasteiger partial charge in [-0.25, -0.2) is 4.39 Å². The summed E-state index contributed by atoms with van der Waals surface area (Å²) in [5.41, 5.74) is 1.04. The third kappa shape index (κ3) is 2.62. The van der Waals surface area contributed by atoms with Crippen molar-refractivity contribution >= 4 is 11.0 Å². The zero-order chi connectivity index (χ0) is 14.8. The van der Waals surface area contributed by atoms with Crippen LogP contribution in [0.3, 0.4) is 0 Å². The molecule has 0 spiro atoms. The average molecular weight is 286 g/mol. The molecule has 3 rings (SSSR count). The van der Waals surface area contributed by atoms with E-state index in [-0.39, 0.29) is 5.58 Å². The van der Waals surface area contributed by atoms with Crippen LogP contribution in [0.5, 0.6) is 5.75 Å². The Balaban J connectivity index is 1.90. The van der Waals surface area contributed by atoms with Crippen LogP contribution in [-0.2, 0) is 6.42 Å². The van der Waals surface area contributed by atoms with Crippen molar-refractivity contribution in [2.45, 2.75) is 12.5 Å². The zero-order valence-electron chi connectivity index (χ0n) is 11.5. The van der Waals surface area contributed by atoms with Gasteiger partial charge < -0.3 is 14.3 Å². The zero-order valence-corrected chi connectivity index (χ0v) is 11.5. The van der Waals surface area contributed by atoms with E-state index in [1.807, 2.05) is 24.3 Å². The summed E-state index contributed by atoms with van der Waals surface area (Å²) in [6.07, 6.45) is -0.515. The molecule has 0 amide bonds. The maximum Gasteiger partial charge on any atom is 0.170 e. The van der Waals surface area contributed by atoms with E-state index >= 15 is 0 Å². The molecule has 3 nitrogen and oxygen atoms in total. The number of ether oxygens (including phenoxy) is 1. The van der Waals surface area contributed by atoms with Crippen LogP contribution in [0.2, 0.25) is 0 Å². The molecule has 108 valence electrons. The van der Waals surface area contributed by atoms with Crippen molar-refractivity contribution in [3.63, 3.8) is 0 Å². The Morgan fingerprint density at radius 3 is 2.76 bits per heavy atom. The maximum atomic E-state index is 13.6. The number of hydrogen-bond acceptors (Lipinski definition) is 3. The van der Waals surface area contributed by atoms with E-state index in [1.165, 1.54) is 6.07 Å². The van der Waals surface area contributed by atoms with Crippen molar-refractivity contribution in [1.82, 2.24) is 0 Å². The fourth-order valence-electron chi connectivity index (χ4n) is 2.39. The predicted octanol–water partition coefficient (Wildman–Crippen LogP) is 3.86. The summed E-state index contributed by atoms with van der Waals surface area (Å²) in [7, 11) is 1.59. The van der Waals surface area contributed by atoms with Gasteiger partial charge in [0.2, 0.25) is 0 Å². The number of fused-ring (bicyclic) bond motifs is 1. The minimum Gasteiger partial charge on any atom is -0.496 e. The van der Waals surface area contributed by atoms with E-state index in [0.717, 1.165) is 5.56 Å². The highest BCUT2D eigenvalue weighted by atomic mass is 19.1. The molecule has 0 bridgehead atoms. The Bertz CT molecular complexity index is 764. The maximum absolute atomic E-state index is 13.6. The Kier molecular flexibility index (Phi) is 3.62. The molecule has 1 heterocycles. The average Bonchev–Trinajstić information content (AvgIpc) is 2.93. The molecule has 3 aromatic rings. The van der Waals surface area contributed by atoms with Gasteiger partial charge in [-0.15, -0.1) is 0 Å². The predicted molar refractivity (Wildman–Crippen MR) is 77.8 cm³/mol. The molecule has 0 aliphatic carbocycles. The van der Waals surface area contributed by atoms with E-state index in [0.29, 0.717) is 23.3 Å². The van der Waals surface area contributed by atoms with Crippen molar-refractivity contribution in [2.75, 3.05) is 7.11 Å². The molecule has 2 aromatic carbocycles. The summed E-state index contributed by atoms with van der Waals surface area (Å²) in [5, 5.41) is 11.0. The normalized spacial score (nSPS) is 12.5. The van der Waals surface area contributed by atoms with E-state index < -0.39 is 11.9 Å². The van der Waals surface area contributed by atoms with Crippen molar-refractivity contribution in [1.29, 1.82) is 0 Å². The van der Waals surface area contributed by atoms with Crippen LogP contribution in [-0.4, -0.2) is 12.2 Å². The summed E-state index contributed by atoms with van der Waals surface area (Å²) < 4.78 is 24.3. The summed E-state index contributed by atoms with van der Waals surface area (Å²) in [4.78, 5) is 0. The van der Waals surface area contributed by atoms with Gasteiger partial charge in [-0.05, 0) is 23.8 Å². The molecule has 0 radical (unpaired) electrons. The van der Waals surface area contributed by atoms with Crippen LogP contribution in [0.25, 0.3) is 11.0 Å². The van der Waals surface area contributed by atoms with Crippen LogP contribution < -0.4 is 4.74 Å². The van der Waals surface area contributed by atoms with E-state index in [2.05, 4.69) is 0 Å². The molecule has 0 aliphatic heterocycles. The number of aliphatic hydroxyl groups excluding tert-OH is 1. The lowest BCUT2D eigenvalue weighted by atomic mass is 10.1. The lowest BCUT2D eigenvalue weighted by Gasteiger charge is -2.11. The number of hydrogen-bond donors (Lipinski definition) is 1. The van der Waals surface area contributed by atoms with Gasteiger partial charge in [0.1, 0.15) is 17.6 Å². The SMILES string of the molecule is COc1ccccc1CC(O)c1cc2cccc(F)c2o1. The summed E-state index contributed by atoms with van der Waals surface area (Å²) >= 11 is 0. The topological polar surface area (TPSA) is 42.6 Å². The van der Waals surface area contributed by atoms with Crippen LogP contribution in [0.1, 0.15) is 17.4 Å². The number of methoxy groups -OCH3 is 1. The number of rotatable bonds is 4. The van der Waals surface area contributed by atoms with Gasteiger partial charge in [0.05, 0.1) is 7.11 Å². The Morgan fingerprint density at radius 2 is 2.00 bits per heavy atom. The largest absolute Gasteiger partial charge is 0.496 e. The van der Waals surface area contributed by atoms with Gasteiger partial charge in [0.25, 0.3) is 0 Å². The highest BCUT2D eigenvalue weighted by Crippen LogP contribution is 2.29. The molecule has 1 N–H and O–H groups in total. The molecular formula is C17H15FO3. The number of aliphatic hydroxyl groups is 1. The van der Waals surface area contributed by atoms with E-state index in [4.69, 9.17) is 9.15 Å². The molecular weight excluding hydrogens is 271 g/mol. The summed E-state index contributed by atoms with van der Waals surface area (Å²) in [6.45, 7) is 0. The van der Waals surface area contributed by atoms with Crippen LogP contribution in [0.15, 0.2) is 52.9 Å². The molecule has 0 saturated heterocycles. The molecule has 1 unspecified atom stereocenters. The van der Waals surface area contributed by atoms with Gasteiger partial charge in [0.15, 0.2) is 11.4 Å². The molecule has 1 aromatic heterocycles. The van der Waals surface area contributed by atoms with Crippen LogP contribution in [0.4, 0.5) is 4.39 Å². The van der Waals surface area contributed by atoms with Gasteiger partial charge in [-0.1, -0.05) is 30.3 Å². The van der Waals surface area contributed by atoms with Crippen molar-refractivity contribution < 1.29 is 18.7 Å². The lowest BCUT2D eigenvalue weighted by Crippen LogP contribution is -2.02. The van der Waals surface area contributed by atoms with Gasteiger partial charge >= 0.3 is 0 Å². The number of benzene rings is 2. The standard InChI is InChI=1S/C17H15FO3/c1-20-15-8-3-2-5-11(15)9-14(19)16-10-12-6-4-7-13(18)17(12)21-16/h2-8,10,14,19H,9H2,1H3. The Morgan fingerprint density at radius 1 is 1.19 bits per heavy atom. The van der Waals surface area contributed by atoms with Crippen molar-refractivity contribution in [2.24, 2.45) is 0 Å². The first-order chi connectivity index (χ1) is 10.2. The van der Waals surface area contributed by atoms with E-state index in [9.17, 15) is 9.50 Å². The highest BCUT2D eigenvalue weighted by Gasteiger charge is 2.17. The highest BCUT2D eigenvalue weighted by molar-refractivity contribution is 5.78. The first-order valence-corrected chi connectivity index (χ1v) is 6.67. The van der Waals surface area contributed by atoms with Crippen molar-refractivity contribution in [3.8, 4) is 5.75 Å². The number of halogens is 1. The summed E-state index contributed by atoms with van der Waals surface area (Å²) in [5.74, 6) is 0.628. The minimum atomic E-state index is -0.854. The molecule has 0 fully saturated rings. The van der Waals surface area contributed by atoms with Crippen molar-refractivity contribution in [3.05, 3.63) is 65.7 Å². The first kappa shape index (κ1) is 13.6. The number of para-hydroxylation sites is 2. The smallest absolute Gasteiger partial charge is 0.170 e. The molecule has 4 heteroatoms. The summed E-state index contributed by atoms with van der Waals surface area (Å²) in [6, 6.07) is 13.8. The molecule has 0 aliphatic rings. The van der Waals surface area contributed by atoms with Crippen LogP contribution in [0, 0.1) is 5.82 Å². The van der Waals surface area contributed by atoms with Gasteiger partial charge in [-0.3, -0.25) is 0 Å². The first-order valence-electron chi connectivity index (χ1n) is 6.67. The lowest BCUT2D eigenvalue weighted by molar-refractivity contribution is 0.151. The van der Waals surface area contributed by atoms with E-state index in [1.54, 1.807) is 25.3 Å². The van der Waals surface area contributed by atoms with Gasteiger partial charge in [-0.2, -0.15) is 0 Å². The Labute approximate surface area is 121 Å². The fourth-order valence-corrected chi connectivity index (χ4v) is 2.39. The third-order valence-electron chi connectivity index (χ3n) is 3.45. The molecule has 21 heavy (non-hydrogen) atoms. The second-order valence-electron chi connectivity index (χ2n) is 4.84. The Hall–Kier alpha value is -2.33. The third-order valence-corrected chi connectivity index (χ3v) is 3.45. The monoisotopic (exact) mass is 286 g/mol. The van der Waals surface area contributed by atoms with Crippen LogP contribution >= 0.6 is 0 Å². The number of furan rings is 1. The quantitative estimate of drug-likeness (QED) is 0.792. The fraction of sp³-hybridized carbons (Fsp3) is 0.176. The van der Waals surface area contributed by atoms with Gasteiger partial charge in [0, 0.05) is 11.8 Å². The minimum absolute atomic E-state index is 0.173. The molecule has 0 saturated carbocycles. The molecule has 1 atom stereocenters.